The SMILES string of the molecule is O=C(/C=C1\C=Cc2ccccc2-c2ccccc21)NCCCCCC(=O)NO. The average Bonchev–Trinajstić information content (AvgIpc) is 2.88. The van der Waals surface area contributed by atoms with Gasteiger partial charge in [-0.3, -0.25) is 14.8 Å². The molecule has 0 radical (unpaired) electrons. The molecule has 0 aromatic heterocycles. The lowest BCUT2D eigenvalue weighted by Gasteiger charge is -2.10. The van der Waals surface area contributed by atoms with Gasteiger partial charge in [0, 0.05) is 19.0 Å². The van der Waals surface area contributed by atoms with Crippen LogP contribution in [-0.4, -0.2) is 23.6 Å². The second-order valence-electron chi connectivity index (χ2n) is 6.70. The van der Waals surface area contributed by atoms with Crippen LogP contribution in [0.5, 0.6) is 0 Å². The molecule has 0 saturated carbocycles. The van der Waals surface area contributed by atoms with Crippen molar-refractivity contribution in [2.75, 3.05) is 6.54 Å². The van der Waals surface area contributed by atoms with Crippen molar-refractivity contribution in [3.05, 3.63) is 71.8 Å². The number of hydrogen-bond acceptors (Lipinski definition) is 3. The Morgan fingerprint density at radius 1 is 0.857 bits per heavy atom. The first-order chi connectivity index (χ1) is 13.7. The highest BCUT2D eigenvalue weighted by molar-refractivity contribution is 6.02. The highest BCUT2D eigenvalue weighted by atomic mass is 16.5. The van der Waals surface area contributed by atoms with Crippen molar-refractivity contribution >= 4 is 23.5 Å². The van der Waals surface area contributed by atoms with E-state index in [2.05, 4.69) is 23.5 Å². The van der Waals surface area contributed by atoms with Crippen molar-refractivity contribution < 1.29 is 14.8 Å². The van der Waals surface area contributed by atoms with Crippen LogP contribution in [0.25, 0.3) is 22.8 Å². The third-order valence-corrected chi connectivity index (χ3v) is 4.72. The van der Waals surface area contributed by atoms with Gasteiger partial charge in [-0.05, 0) is 40.7 Å². The van der Waals surface area contributed by atoms with Crippen molar-refractivity contribution in [2.45, 2.75) is 25.7 Å². The Morgan fingerprint density at radius 3 is 2.36 bits per heavy atom. The van der Waals surface area contributed by atoms with Crippen LogP contribution >= 0.6 is 0 Å². The number of fused-ring (bicyclic) bond motifs is 3. The molecule has 5 nitrogen and oxygen atoms in total. The normalized spacial score (nSPS) is 13.4. The fourth-order valence-electron chi connectivity index (χ4n) is 3.30. The minimum absolute atomic E-state index is 0.131. The van der Waals surface area contributed by atoms with E-state index < -0.39 is 0 Å². The first kappa shape index (κ1) is 19.6. The average molecular weight is 376 g/mol. The Bertz CT molecular complexity index is 916. The summed E-state index contributed by atoms with van der Waals surface area (Å²) in [7, 11) is 0. The van der Waals surface area contributed by atoms with Gasteiger partial charge >= 0.3 is 0 Å². The van der Waals surface area contributed by atoms with Gasteiger partial charge in [-0.2, -0.15) is 0 Å². The zero-order chi connectivity index (χ0) is 19.8. The van der Waals surface area contributed by atoms with Crippen LogP contribution in [0.2, 0.25) is 0 Å². The topological polar surface area (TPSA) is 78.4 Å². The Labute approximate surface area is 164 Å². The molecular weight excluding hydrogens is 352 g/mol. The van der Waals surface area contributed by atoms with Gasteiger partial charge in [0.15, 0.2) is 0 Å². The first-order valence-electron chi connectivity index (χ1n) is 9.48. The van der Waals surface area contributed by atoms with Crippen molar-refractivity contribution in [3.8, 4) is 11.1 Å². The zero-order valence-electron chi connectivity index (χ0n) is 15.7. The maximum absolute atomic E-state index is 12.4. The Hall–Kier alpha value is -3.18. The lowest BCUT2D eigenvalue weighted by Crippen LogP contribution is -2.22. The number of hydroxylamine groups is 1. The van der Waals surface area contributed by atoms with Crippen molar-refractivity contribution in [3.63, 3.8) is 0 Å². The van der Waals surface area contributed by atoms with Gasteiger partial charge in [0.05, 0.1) is 0 Å². The van der Waals surface area contributed by atoms with Gasteiger partial charge in [-0.15, -0.1) is 0 Å². The minimum Gasteiger partial charge on any atom is -0.353 e. The van der Waals surface area contributed by atoms with Crippen molar-refractivity contribution in [1.29, 1.82) is 0 Å². The summed E-state index contributed by atoms with van der Waals surface area (Å²) in [6.45, 7) is 0.551. The molecule has 0 saturated heterocycles. The molecule has 3 rings (SSSR count). The largest absolute Gasteiger partial charge is 0.353 e. The van der Waals surface area contributed by atoms with Gasteiger partial charge in [0.25, 0.3) is 0 Å². The van der Waals surface area contributed by atoms with Crippen LogP contribution in [0.15, 0.2) is 60.7 Å². The maximum atomic E-state index is 12.4. The molecule has 0 heterocycles. The molecule has 2 aromatic rings. The number of hydrogen-bond donors (Lipinski definition) is 3. The molecule has 28 heavy (non-hydrogen) atoms. The van der Waals surface area contributed by atoms with Crippen molar-refractivity contribution in [1.82, 2.24) is 10.8 Å². The highest BCUT2D eigenvalue weighted by Gasteiger charge is 2.14. The Morgan fingerprint density at radius 2 is 1.57 bits per heavy atom. The van der Waals surface area contributed by atoms with E-state index in [0.29, 0.717) is 13.0 Å². The summed E-state index contributed by atoms with van der Waals surface area (Å²) in [5, 5.41) is 11.3. The lowest BCUT2D eigenvalue weighted by molar-refractivity contribution is -0.129. The summed E-state index contributed by atoms with van der Waals surface area (Å²) in [4.78, 5) is 23.3. The van der Waals surface area contributed by atoms with E-state index in [-0.39, 0.29) is 18.2 Å². The van der Waals surface area contributed by atoms with Crippen LogP contribution in [0, 0.1) is 0 Å². The molecule has 5 heteroatoms. The predicted molar refractivity (Wildman–Crippen MR) is 110 cm³/mol. The predicted octanol–water partition coefficient (Wildman–Crippen LogP) is 3.95. The molecule has 1 aliphatic carbocycles. The monoisotopic (exact) mass is 376 g/mol. The molecule has 1 aliphatic rings. The van der Waals surface area contributed by atoms with Crippen LogP contribution in [0.4, 0.5) is 0 Å². The van der Waals surface area contributed by atoms with E-state index in [1.165, 1.54) is 0 Å². The third kappa shape index (κ3) is 4.96. The number of allylic oxidation sites excluding steroid dienone is 2. The summed E-state index contributed by atoms with van der Waals surface area (Å²) < 4.78 is 0. The molecular formula is C23H24N2O3. The standard InChI is InChI=1S/C23H24N2O3/c26-22(25-28)12-2-1-7-15-24-23(27)16-18-14-13-17-8-3-4-9-19(17)21-11-6-5-10-20(18)21/h3-6,8-11,13-14,16,28H,1-2,7,12,15H2,(H,24,27)(H,25,26)/b18-16+. The molecule has 2 aromatic carbocycles. The molecule has 0 aliphatic heterocycles. The second-order valence-corrected chi connectivity index (χ2v) is 6.70. The molecule has 2 amide bonds. The summed E-state index contributed by atoms with van der Waals surface area (Å²) in [5.74, 6) is -0.512. The fourth-order valence-corrected chi connectivity index (χ4v) is 3.30. The summed E-state index contributed by atoms with van der Waals surface area (Å²) in [5.41, 5.74) is 6.93. The second kappa shape index (κ2) is 9.67. The fraction of sp³-hybridized carbons (Fsp3) is 0.217. The first-order valence-corrected chi connectivity index (χ1v) is 9.48. The summed E-state index contributed by atoms with van der Waals surface area (Å²) >= 11 is 0. The molecule has 0 spiro atoms. The van der Waals surface area contributed by atoms with E-state index in [4.69, 9.17) is 5.21 Å². The smallest absolute Gasteiger partial charge is 0.244 e. The summed E-state index contributed by atoms with van der Waals surface area (Å²) in [6, 6.07) is 16.3. The number of unbranched alkanes of at least 4 members (excludes halogenated alkanes) is 2. The summed E-state index contributed by atoms with van der Waals surface area (Å²) in [6.07, 6.45) is 8.22. The molecule has 3 N–H and O–H groups in total. The zero-order valence-corrected chi connectivity index (χ0v) is 15.7. The van der Waals surface area contributed by atoms with Gasteiger partial charge < -0.3 is 5.32 Å². The Balaban J connectivity index is 1.64. The quantitative estimate of drug-likeness (QED) is 0.296. The number of amides is 2. The minimum atomic E-state index is -0.381. The van der Waals surface area contributed by atoms with Gasteiger partial charge in [-0.25, -0.2) is 5.48 Å². The third-order valence-electron chi connectivity index (χ3n) is 4.72. The van der Waals surface area contributed by atoms with Gasteiger partial charge in [-0.1, -0.05) is 67.1 Å². The number of benzene rings is 2. The van der Waals surface area contributed by atoms with E-state index in [1.54, 1.807) is 11.6 Å². The van der Waals surface area contributed by atoms with Crippen LogP contribution in [0.3, 0.4) is 0 Å². The van der Waals surface area contributed by atoms with Crippen LogP contribution in [0.1, 0.15) is 36.8 Å². The van der Waals surface area contributed by atoms with Crippen LogP contribution in [-0.2, 0) is 9.59 Å². The lowest BCUT2D eigenvalue weighted by atomic mass is 9.94. The molecule has 0 bridgehead atoms. The molecule has 144 valence electrons. The van der Waals surface area contributed by atoms with Crippen molar-refractivity contribution in [2.24, 2.45) is 0 Å². The molecule has 0 unspecified atom stereocenters. The highest BCUT2D eigenvalue weighted by Crippen LogP contribution is 2.35. The van der Waals surface area contributed by atoms with E-state index in [1.807, 2.05) is 42.5 Å². The maximum Gasteiger partial charge on any atom is 0.244 e. The molecule has 0 fully saturated rings. The van der Waals surface area contributed by atoms with Gasteiger partial charge in [0.2, 0.25) is 11.8 Å². The van der Waals surface area contributed by atoms with Gasteiger partial charge in [0.1, 0.15) is 0 Å². The van der Waals surface area contributed by atoms with E-state index in [9.17, 15) is 9.59 Å². The number of carbonyl (C=O) groups excluding carboxylic acids is 2. The van der Waals surface area contributed by atoms with E-state index >= 15 is 0 Å². The number of carbonyl (C=O) groups is 2. The number of nitrogens with one attached hydrogen (secondary N) is 2. The Kier molecular flexibility index (Phi) is 6.76. The van der Waals surface area contributed by atoms with Crippen LogP contribution < -0.4 is 10.8 Å². The van der Waals surface area contributed by atoms with E-state index in [0.717, 1.165) is 40.7 Å². The number of rotatable bonds is 7. The molecule has 0 atom stereocenters.